The summed E-state index contributed by atoms with van der Waals surface area (Å²) >= 11 is 0. The van der Waals surface area contributed by atoms with Crippen molar-refractivity contribution in [3.8, 4) is 11.3 Å². The zero-order chi connectivity index (χ0) is 20.8. The van der Waals surface area contributed by atoms with E-state index < -0.39 is 0 Å². The molecule has 1 heterocycles. The minimum Gasteiger partial charge on any atom is -0.348 e. The largest absolute Gasteiger partial charge is 0.348 e. The quantitative estimate of drug-likeness (QED) is 0.517. The molecule has 8 heteroatoms. The lowest BCUT2D eigenvalue weighted by atomic mass is 10.1. The Hall–Kier alpha value is -3.94. The van der Waals surface area contributed by atoms with E-state index in [4.69, 9.17) is 0 Å². The van der Waals surface area contributed by atoms with Gasteiger partial charge in [0.25, 0.3) is 5.91 Å². The monoisotopic (exact) mass is 391 g/mol. The lowest BCUT2D eigenvalue weighted by Crippen LogP contribution is -2.23. The maximum Gasteiger partial charge on any atom is 0.251 e. The predicted molar refractivity (Wildman–Crippen MR) is 110 cm³/mol. The molecule has 148 valence electrons. The molecule has 3 aromatic rings. The molecule has 0 saturated heterocycles. The van der Waals surface area contributed by atoms with Crippen LogP contribution in [0.2, 0.25) is 0 Å². The van der Waals surface area contributed by atoms with Crippen molar-refractivity contribution < 1.29 is 14.4 Å². The standard InChI is InChI=1S/C21H21N5O3/c1-13(27)24-18-9-17(10-19(11-18)25-14(2)28)21(29)22-12-15-3-5-16(6-4-15)20-7-8-23-26-20/h3-11H,12H2,1-2H3,(H,22,29)(H,23,26)(H,24,27)(H,25,28). The van der Waals surface area contributed by atoms with Crippen molar-refractivity contribution >= 4 is 29.1 Å². The fourth-order valence-corrected chi connectivity index (χ4v) is 2.81. The van der Waals surface area contributed by atoms with Crippen LogP contribution < -0.4 is 16.0 Å². The highest BCUT2D eigenvalue weighted by Gasteiger charge is 2.11. The van der Waals surface area contributed by atoms with Gasteiger partial charge in [0.2, 0.25) is 11.8 Å². The van der Waals surface area contributed by atoms with Crippen LogP contribution in [0, 0.1) is 0 Å². The number of amides is 3. The Labute approximate surface area is 167 Å². The topological polar surface area (TPSA) is 116 Å². The average Bonchev–Trinajstić information content (AvgIpc) is 3.20. The Bertz CT molecular complexity index is 993. The van der Waals surface area contributed by atoms with Crippen molar-refractivity contribution in [2.75, 3.05) is 10.6 Å². The molecular formula is C21H21N5O3. The van der Waals surface area contributed by atoms with E-state index >= 15 is 0 Å². The molecule has 0 aliphatic rings. The minimum absolute atomic E-state index is 0.270. The highest BCUT2D eigenvalue weighted by atomic mass is 16.2. The summed E-state index contributed by atoms with van der Waals surface area (Å²) in [5.41, 5.74) is 4.04. The first-order valence-corrected chi connectivity index (χ1v) is 8.98. The molecule has 8 nitrogen and oxygen atoms in total. The van der Waals surface area contributed by atoms with E-state index in [1.165, 1.54) is 13.8 Å². The molecule has 3 rings (SSSR count). The van der Waals surface area contributed by atoms with Crippen LogP contribution in [0.25, 0.3) is 11.3 Å². The summed E-state index contributed by atoms with van der Waals surface area (Å²) in [5, 5.41) is 14.9. The summed E-state index contributed by atoms with van der Waals surface area (Å²) < 4.78 is 0. The Morgan fingerprint density at radius 1 is 0.897 bits per heavy atom. The van der Waals surface area contributed by atoms with Gasteiger partial charge in [-0.15, -0.1) is 0 Å². The van der Waals surface area contributed by atoms with Crippen LogP contribution in [0.1, 0.15) is 29.8 Å². The SMILES string of the molecule is CC(=O)Nc1cc(NC(C)=O)cc(C(=O)NCc2ccc(-c3ccn[nH]3)cc2)c1. The first-order valence-electron chi connectivity index (χ1n) is 8.98. The Morgan fingerprint density at radius 2 is 1.52 bits per heavy atom. The number of aromatic nitrogens is 2. The molecule has 0 unspecified atom stereocenters. The normalized spacial score (nSPS) is 10.3. The molecule has 0 radical (unpaired) electrons. The van der Waals surface area contributed by atoms with Gasteiger partial charge in [0.15, 0.2) is 0 Å². The van der Waals surface area contributed by atoms with Gasteiger partial charge in [-0.3, -0.25) is 19.5 Å². The third kappa shape index (κ3) is 5.52. The summed E-state index contributed by atoms with van der Waals surface area (Å²) in [7, 11) is 0. The minimum atomic E-state index is -0.318. The number of benzene rings is 2. The fraction of sp³-hybridized carbons (Fsp3) is 0.143. The summed E-state index contributed by atoms with van der Waals surface area (Å²) in [6, 6.07) is 14.3. The summed E-state index contributed by atoms with van der Waals surface area (Å²) in [4.78, 5) is 35.3. The van der Waals surface area contributed by atoms with Gasteiger partial charge < -0.3 is 16.0 Å². The maximum absolute atomic E-state index is 12.6. The third-order valence-electron chi connectivity index (χ3n) is 4.05. The molecular weight excluding hydrogens is 370 g/mol. The smallest absolute Gasteiger partial charge is 0.251 e. The molecule has 0 aliphatic heterocycles. The lowest BCUT2D eigenvalue weighted by Gasteiger charge is -2.11. The highest BCUT2D eigenvalue weighted by Crippen LogP contribution is 2.20. The number of hydrogen-bond donors (Lipinski definition) is 4. The summed E-state index contributed by atoms with van der Waals surface area (Å²) in [6.45, 7) is 3.08. The second-order valence-corrected chi connectivity index (χ2v) is 6.51. The van der Waals surface area contributed by atoms with Gasteiger partial charge in [0, 0.05) is 43.5 Å². The number of carbonyl (C=O) groups is 3. The Balaban J connectivity index is 1.70. The average molecular weight is 391 g/mol. The van der Waals surface area contributed by atoms with Crippen LogP contribution in [0.15, 0.2) is 54.7 Å². The van der Waals surface area contributed by atoms with Crippen molar-refractivity contribution in [2.45, 2.75) is 20.4 Å². The third-order valence-corrected chi connectivity index (χ3v) is 4.05. The van der Waals surface area contributed by atoms with Crippen molar-refractivity contribution in [1.82, 2.24) is 15.5 Å². The van der Waals surface area contributed by atoms with Gasteiger partial charge in [-0.2, -0.15) is 5.10 Å². The zero-order valence-corrected chi connectivity index (χ0v) is 16.1. The highest BCUT2D eigenvalue weighted by molar-refractivity contribution is 5.99. The van der Waals surface area contributed by atoms with Crippen LogP contribution >= 0.6 is 0 Å². The number of aromatic amines is 1. The van der Waals surface area contributed by atoms with Crippen molar-refractivity contribution in [2.24, 2.45) is 0 Å². The molecule has 0 spiro atoms. The first-order chi connectivity index (χ1) is 13.9. The van der Waals surface area contributed by atoms with Crippen LogP contribution in [0.4, 0.5) is 11.4 Å². The van der Waals surface area contributed by atoms with Gasteiger partial charge >= 0.3 is 0 Å². The number of nitrogens with zero attached hydrogens (tertiary/aromatic N) is 1. The summed E-state index contributed by atoms with van der Waals surface area (Å²) in [5.74, 6) is -0.858. The van der Waals surface area contributed by atoms with Crippen LogP contribution in [-0.2, 0) is 16.1 Å². The van der Waals surface area contributed by atoms with Gasteiger partial charge in [-0.05, 0) is 35.4 Å². The molecule has 0 bridgehead atoms. The van der Waals surface area contributed by atoms with Crippen molar-refractivity contribution in [3.63, 3.8) is 0 Å². The molecule has 0 fully saturated rings. The molecule has 4 N–H and O–H groups in total. The number of H-pyrrole nitrogens is 1. The number of hydrogen-bond acceptors (Lipinski definition) is 4. The lowest BCUT2D eigenvalue weighted by molar-refractivity contribution is -0.115. The van der Waals surface area contributed by atoms with Crippen molar-refractivity contribution in [3.05, 3.63) is 65.9 Å². The number of anilines is 2. The van der Waals surface area contributed by atoms with Crippen LogP contribution in [0.3, 0.4) is 0 Å². The Morgan fingerprint density at radius 3 is 2.03 bits per heavy atom. The van der Waals surface area contributed by atoms with Crippen molar-refractivity contribution in [1.29, 1.82) is 0 Å². The second-order valence-electron chi connectivity index (χ2n) is 6.51. The molecule has 3 amide bonds. The van der Waals surface area contributed by atoms with E-state index in [-0.39, 0.29) is 17.7 Å². The fourth-order valence-electron chi connectivity index (χ4n) is 2.81. The molecule has 0 atom stereocenters. The van der Waals surface area contributed by atoms with E-state index in [1.54, 1.807) is 24.4 Å². The van der Waals surface area contributed by atoms with E-state index in [0.717, 1.165) is 16.8 Å². The summed E-state index contributed by atoms with van der Waals surface area (Å²) in [6.07, 6.45) is 1.69. The molecule has 0 saturated carbocycles. The molecule has 0 aliphatic carbocycles. The van der Waals surface area contributed by atoms with Gasteiger partial charge in [0.1, 0.15) is 0 Å². The number of carbonyl (C=O) groups excluding carboxylic acids is 3. The first kappa shape index (κ1) is 19.8. The Kier molecular flexibility index (Phi) is 6.03. The second kappa shape index (κ2) is 8.83. The number of nitrogens with one attached hydrogen (secondary N) is 4. The molecule has 1 aromatic heterocycles. The van der Waals surface area contributed by atoms with Gasteiger partial charge in [-0.25, -0.2) is 0 Å². The van der Waals surface area contributed by atoms with Crippen LogP contribution in [0.5, 0.6) is 0 Å². The van der Waals surface area contributed by atoms with E-state index in [0.29, 0.717) is 23.5 Å². The predicted octanol–water partition coefficient (Wildman–Crippen LogP) is 2.92. The van der Waals surface area contributed by atoms with Gasteiger partial charge in [0.05, 0.1) is 5.69 Å². The molecule has 2 aromatic carbocycles. The van der Waals surface area contributed by atoms with E-state index in [2.05, 4.69) is 26.1 Å². The zero-order valence-electron chi connectivity index (χ0n) is 16.1. The molecule has 29 heavy (non-hydrogen) atoms. The maximum atomic E-state index is 12.6. The number of rotatable bonds is 6. The van der Waals surface area contributed by atoms with Crippen LogP contribution in [-0.4, -0.2) is 27.9 Å². The van der Waals surface area contributed by atoms with E-state index in [9.17, 15) is 14.4 Å². The van der Waals surface area contributed by atoms with E-state index in [1.807, 2.05) is 30.3 Å². The van der Waals surface area contributed by atoms with Gasteiger partial charge in [-0.1, -0.05) is 24.3 Å².